The van der Waals surface area contributed by atoms with Crippen LogP contribution in [0.5, 0.6) is 11.5 Å². The van der Waals surface area contributed by atoms with E-state index in [1.165, 1.54) is 18.2 Å². The Morgan fingerprint density at radius 1 is 1.32 bits per heavy atom. The minimum absolute atomic E-state index is 0.0705. The zero-order chi connectivity index (χ0) is 15.9. The fourth-order valence-electron chi connectivity index (χ4n) is 1.79. The third kappa shape index (κ3) is 3.99. The Morgan fingerprint density at radius 3 is 2.86 bits per heavy atom. The number of phenols is 1. The van der Waals surface area contributed by atoms with Crippen LogP contribution in [-0.2, 0) is 0 Å². The molecule has 6 heteroatoms. The van der Waals surface area contributed by atoms with Crippen molar-refractivity contribution in [2.45, 2.75) is 6.92 Å². The van der Waals surface area contributed by atoms with Crippen molar-refractivity contribution in [3.05, 3.63) is 53.6 Å². The predicted molar refractivity (Wildman–Crippen MR) is 83.9 cm³/mol. The number of nitrogens with one attached hydrogen (secondary N) is 1. The summed E-state index contributed by atoms with van der Waals surface area (Å²) in [6, 6.07) is 11.2. The summed E-state index contributed by atoms with van der Waals surface area (Å²) in [4.78, 5) is 10.9. The van der Waals surface area contributed by atoms with Gasteiger partial charge in [-0.1, -0.05) is 6.07 Å². The maximum absolute atomic E-state index is 10.9. The maximum Gasteiger partial charge on any atom is 0.335 e. The van der Waals surface area contributed by atoms with E-state index in [2.05, 4.69) is 10.5 Å². The van der Waals surface area contributed by atoms with Crippen molar-refractivity contribution in [2.75, 3.05) is 12.0 Å². The van der Waals surface area contributed by atoms with Crippen molar-refractivity contribution in [1.29, 1.82) is 0 Å². The molecule has 0 saturated carbocycles. The number of carbonyl (C=O) groups is 1. The molecule has 0 unspecified atom stereocenters. The lowest BCUT2D eigenvalue weighted by Gasteiger charge is -2.06. The van der Waals surface area contributed by atoms with E-state index in [4.69, 9.17) is 9.84 Å². The molecular formula is C16H16N2O4. The second-order valence-electron chi connectivity index (χ2n) is 4.42. The van der Waals surface area contributed by atoms with Crippen molar-refractivity contribution in [3.8, 4) is 11.5 Å². The topological polar surface area (TPSA) is 91.2 Å². The van der Waals surface area contributed by atoms with E-state index < -0.39 is 5.97 Å². The number of anilines is 1. The molecule has 0 saturated heterocycles. The number of carboxylic acid groups (broad SMARTS) is 1. The van der Waals surface area contributed by atoms with Crippen molar-refractivity contribution in [2.24, 2.45) is 5.10 Å². The predicted octanol–water partition coefficient (Wildman–Crippen LogP) is 2.94. The van der Waals surface area contributed by atoms with Crippen LogP contribution in [0.25, 0.3) is 0 Å². The normalized spacial score (nSPS) is 10.6. The lowest BCUT2D eigenvalue weighted by molar-refractivity contribution is 0.0697. The highest BCUT2D eigenvalue weighted by Gasteiger charge is 2.03. The van der Waals surface area contributed by atoms with E-state index in [0.29, 0.717) is 18.0 Å². The van der Waals surface area contributed by atoms with Gasteiger partial charge < -0.3 is 14.9 Å². The van der Waals surface area contributed by atoms with Crippen molar-refractivity contribution < 1.29 is 19.7 Å². The van der Waals surface area contributed by atoms with Crippen LogP contribution in [0.15, 0.2) is 47.6 Å². The third-order valence-electron chi connectivity index (χ3n) is 2.80. The summed E-state index contributed by atoms with van der Waals surface area (Å²) in [6.07, 6.45) is 1.55. The highest BCUT2D eigenvalue weighted by atomic mass is 16.5. The highest BCUT2D eigenvalue weighted by Crippen LogP contribution is 2.26. The molecule has 0 aliphatic carbocycles. The summed E-state index contributed by atoms with van der Waals surface area (Å²) >= 11 is 0. The summed E-state index contributed by atoms with van der Waals surface area (Å²) in [5, 5.41) is 22.6. The summed E-state index contributed by atoms with van der Waals surface area (Å²) in [5.41, 5.74) is 4.25. The average molecular weight is 300 g/mol. The Kier molecular flexibility index (Phi) is 4.98. The smallest absolute Gasteiger partial charge is 0.335 e. The van der Waals surface area contributed by atoms with Crippen LogP contribution in [-0.4, -0.2) is 29.0 Å². The van der Waals surface area contributed by atoms with E-state index in [1.807, 2.05) is 6.92 Å². The number of carboxylic acids is 1. The van der Waals surface area contributed by atoms with Gasteiger partial charge in [0.15, 0.2) is 11.5 Å². The van der Waals surface area contributed by atoms with Gasteiger partial charge in [0.25, 0.3) is 0 Å². The molecule has 0 amide bonds. The van der Waals surface area contributed by atoms with Crippen LogP contribution in [0.4, 0.5) is 5.69 Å². The molecule has 0 aliphatic rings. The van der Waals surface area contributed by atoms with Crippen molar-refractivity contribution in [1.82, 2.24) is 0 Å². The second-order valence-corrected chi connectivity index (χ2v) is 4.42. The summed E-state index contributed by atoms with van der Waals surface area (Å²) in [5.74, 6) is -0.534. The number of hydrazone groups is 1. The Bertz CT molecular complexity index is 698. The summed E-state index contributed by atoms with van der Waals surface area (Å²) in [7, 11) is 0. The molecule has 0 fully saturated rings. The number of benzene rings is 2. The molecule has 0 atom stereocenters. The molecule has 2 aromatic rings. The van der Waals surface area contributed by atoms with Gasteiger partial charge in [0.05, 0.1) is 24.1 Å². The van der Waals surface area contributed by atoms with Crippen LogP contribution in [0.1, 0.15) is 22.8 Å². The fourth-order valence-corrected chi connectivity index (χ4v) is 1.79. The lowest BCUT2D eigenvalue weighted by Crippen LogP contribution is -1.98. The zero-order valence-corrected chi connectivity index (χ0v) is 12.0. The number of hydrogen-bond acceptors (Lipinski definition) is 5. The van der Waals surface area contributed by atoms with Gasteiger partial charge in [0, 0.05) is 0 Å². The molecule has 114 valence electrons. The molecule has 0 spiro atoms. The molecule has 22 heavy (non-hydrogen) atoms. The van der Waals surface area contributed by atoms with Gasteiger partial charge in [-0.15, -0.1) is 0 Å². The Hall–Kier alpha value is -3.02. The SMILES string of the molecule is CCOc1cc(/C=N\Nc2cccc(C(=O)O)c2)ccc1O. The van der Waals surface area contributed by atoms with Gasteiger partial charge in [-0.3, -0.25) is 5.43 Å². The lowest BCUT2D eigenvalue weighted by atomic mass is 10.2. The summed E-state index contributed by atoms with van der Waals surface area (Å²) in [6.45, 7) is 2.28. The summed E-state index contributed by atoms with van der Waals surface area (Å²) < 4.78 is 5.29. The average Bonchev–Trinajstić information content (AvgIpc) is 2.51. The molecule has 0 bridgehead atoms. The number of nitrogens with zero attached hydrogens (tertiary/aromatic N) is 1. The molecule has 3 N–H and O–H groups in total. The third-order valence-corrected chi connectivity index (χ3v) is 2.80. The second kappa shape index (κ2) is 7.12. The number of aromatic hydroxyl groups is 1. The van der Waals surface area contributed by atoms with Crippen LogP contribution < -0.4 is 10.2 Å². The van der Waals surface area contributed by atoms with Crippen LogP contribution in [0, 0.1) is 0 Å². The first-order chi connectivity index (χ1) is 10.6. The minimum atomic E-state index is -0.993. The fraction of sp³-hybridized carbons (Fsp3) is 0.125. The molecule has 0 heterocycles. The monoisotopic (exact) mass is 300 g/mol. The van der Waals surface area contributed by atoms with E-state index in [1.54, 1.807) is 30.5 Å². The first-order valence-electron chi connectivity index (χ1n) is 6.68. The molecule has 0 aromatic heterocycles. The number of rotatable bonds is 6. The van der Waals surface area contributed by atoms with E-state index in [0.717, 1.165) is 5.56 Å². The minimum Gasteiger partial charge on any atom is -0.504 e. The number of hydrogen-bond donors (Lipinski definition) is 3. The van der Waals surface area contributed by atoms with Crippen molar-refractivity contribution >= 4 is 17.9 Å². The van der Waals surface area contributed by atoms with E-state index >= 15 is 0 Å². The first kappa shape index (κ1) is 15.4. The highest BCUT2D eigenvalue weighted by molar-refractivity contribution is 5.89. The van der Waals surface area contributed by atoms with Crippen molar-refractivity contribution in [3.63, 3.8) is 0 Å². The van der Waals surface area contributed by atoms with Crippen LogP contribution in [0.2, 0.25) is 0 Å². The number of ether oxygens (including phenoxy) is 1. The molecule has 2 rings (SSSR count). The Labute approximate surface area is 127 Å². The van der Waals surface area contributed by atoms with E-state index in [-0.39, 0.29) is 11.3 Å². The molecular weight excluding hydrogens is 284 g/mol. The molecule has 0 aliphatic heterocycles. The zero-order valence-electron chi connectivity index (χ0n) is 12.0. The first-order valence-corrected chi connectivity index (χ1v) is 6.68. The number of aromatic carboxylic acids is 1. The van der Waals surface area contributed by atoms with Gasteiger partial charge in [-0.25, -0.2) is 4.79 Å². The Morgan fingerprint density at radius 2 is 2.14 bits per heavy atom. The van der Waals surface area contributed by atoms with Gasteiger partial charge >= 0.3 is 5.97 Å². The molecule has 2 aromatic carbocycles. The standard InChI is InChI=1S/C16H16N2O4/c1-2-22-15-8-11(6-7-14(15)19)10-17-18-13-5-3-4-12(9-13)16(20)21/h3-10,18-19H,2H2,1H3,(H,20,21)/b17-10-. The molecule has 6 nitrogen and oxygen atoms in total. The van der Waals surface area contributed by atoms with Gasteiger partial charge in [0.1, 0.15) is 0 Å². The molecule has 0 radical (unpaired) electrons. The van der Waals surface area contributed by atoms with Gasteiger partial charge in [-0.05, 0) is 48.9 Å². The van der Waals surface area contributed by atoms with Gasteiger partial charge in [-0.2, -0.15) is 5.10 Å². The quantitative estimate of drug-likeness (QED) is 0.563. The number of phenolic OH excluding ortho intramolecular Hbond substituents is 1. The van der Waals surface area contributed by atoms with E-state index in [9.17, 15) is 9.90 Å². The largest absolute Gasteiger partial charge is 0.504 e. The maximum atomic E-state index is 10.9. The Balaban J connectivity index is 2.08. The van der Waals surface area contributed by atoms with Crippen LogP contribution >= 0.6 is 0 Å². The van der Waals surface area contributed by atoms with Crippen LogP contribution in [0.3, 0.4) is 0 Å². The van der Waals surface area contributed by atoms with Gasteiger partial charge in [0.2, 0.25) is 0 Å².